The molecule has 0 fully saturated rings. The molecule has 0 radical (unpaired) electrons. The van der Waals surface area contributed by atoms with Crippen LogP contribution >= 0.6 is 15.9 Å². The third-order valence-electron chi connectivity index (χ3n) is 1.28. The summed E-state index contributed by atoms with van der Waals surface area (Å²) in [6.07, 6.45) is 0. The predicted molar refractivity (Wildman–Crippen MR) is 56.6 cm³/mol. The molecule has 68 valence electrons. The van der Waals surface area contributed by atoms with Crippen molar-refractivity contribution in [1.29, 1.82) is 0 Å². The van der Waals surface area contributed by atoms with Crippen LogP contribution in [0.4, 0.5) is 5.69 Å². The molecule has 13 heavy (non-hydrogen) atoms. The van der Waals surface area contributed by atoms with Gasteiger partial charge in [0, 0.05) is 0 Å². The summed E-state index contributed by atoms with van der Waals surface area (Å²) in [4.78, 5) is 13.8. The van der Waals surface area contributed by atoms with Gasteiger partial charge in [-0.2, -0.15) is 0 Å². The number of non-ortho nitro benzene ring substituents is 1. The molecule has 0 unspecified atom stereocenters. The van der Waals surface area contributed by atoms with E-state index >= 15 is 0 Å². The number of benzene rings is 1. The zero-order valence-electron chi connectivity index (χ0n) is 6.51. The second-order valence-corrected chi connectivity index (χ2v) is 4.72. The standard InChI is InChI=1S/C8H6BrNO2Se/c9-4-5-13-8-3-1-2-7(6-8)10(11)12/h1-6H/b5-4+. The number of hydrogen-bond acceptors (Lipinski definition) is 2. The van der Waals surface area contributed by atoms with Crippen molar-refractivity contribution in [3.8, 4) is 0 Å². The van der Waals surface area contributed by atoms with E-state index in [1.54, 1.807) is 17.1 Å². The number of rotatable bonds is 3. The quantitative estimate of drug-likeness (QED) is 0.485. The molecule has 0 saturated carbocycles. The summed E-state index contributed by atoms with van der Waals surface area (Å²) in [5.41, 5.74) is 0.155. The van der Waals surface area contributed by atoms with Gasteiger partial charge in [0.2, 0.25) is 0 Å². The van der Waals surface area contributed by atoms with E-state index < -0.39 is 0 Å². The van der Waals surface area contributed by atoms with Crippen molar-refractivity contribution in [1.82, 2.24) is 0 Å². The Kier molecular flexibility index (Phi) is 4.15. The summed E-state index contributed by atoms with van der Waals surface area (Å²) in [5.74, 6) is 0. The Bertz CT molecular complexity index is 341. The summed E-state index contributed by atoms with van der Waals surface area (Å²) < 4.78 is 0.998. The van der Waals surface area contributed by atoms with Gasteiger partial charge in [0.05, 0.1) is 0 Å². The van der Waals surface area contributed by atoms with Crippen LogP contribution < -0.4 is 4.46 Å². The van der Waals surface area contributed by atoms with Crippen LogP contribution in [-0.2, 0) is 0 Å². The molecule has 0 spiro atoms. The van der Waals surface area contributed by atoms with E-state index in [-0.39, 0.29) is 25.6 Å². The van der Waals surface area contributed by atoms with Crippen LogP contribution in [-0.4, -0.2) is 19.9 Å². The monoisotopic (exact) mass is 307 g/mol. The Balaban J connectivity index is 2.85. The molecule has 0 heterocycles. The Morgan fingerprint density at radius 1 is 1.54 bits per heavy atom. The summed E-state index contributed by atoms with van der Waals surface area (Å²) in [7, 11) is 0. The molecule has 0 aliphatic heterocycles. The van der Waals surface area contributed by atoms with Crippen LogP contribution in [0.3, 0.4) is 0 Å². The van der Waals surface area contributed by atoms with E-state index in [2.05, 4.69) is 15.9 Å². The number of nitro groups is 1. The molecule has 5 heteroatoms. The van der Waals surface area contributed by atoms with Crippen molar-refractivity contribution in [3.63, 3.8) is 0 Å². The third-order valence-corrected chi connectivity index (χ3v) is 4.01. The van der Waals surface area contributed by atoms with Crippen LogP contribution in [0, 0.1) is 10.1 Å². The van der Waals surface area contributed by atoms with Crippen molar-refractivity contribution in [2.45, 2.75) is 0 Å². The van der Waals surface area contributed by atoms with Crippen LogP contribution in [0.25, 0.3) is 0 Å². The maximum absolute atomic E-state index is 10.4. The van der Waals surface area contributed by atoms with Gasteiger partial charge in [-0.1, -0.05) is 0 Å². The van der Waals surface area contributed by atoms with Crippen molar-refractivity contribution in [3.05, 3.63) is 44.3 Å². The SMILES string of the molecule is O=[N+]([O-])c1cccc([Se]/C=C/Br)c1. The van der Waals surface area contributed by atoms with Gasteiger partial charge in [-0.3, -0.25) is 0 Å². The number of halogens is 1. The molecule has 0 aliphatic carbocycles. The number of nitro benzene ring substituents is 1. The number of hydrogen-bond donors (Lipinski definition) is 0. The van der Waals surface area contributed by atoms with Crippen molar-refractivity contribution < 1.29 is 4.92 Å². The summed E-state index contributed by atoms with van der Waals surface area (Å²) in [6, 6.07) is 6.70. The first kappa shape index (κ1) is 10.4. The molecular weight excluding hydrogens is 301 g/mol. The van der Waals surface area contributed by atoms with Gasteiger partial charge in [0.1, 0.15) is 0 Å². The molecule has 1 aromatic carbocycles. The van der Waals surface area contributed by atoms with Gasteiger partial charge in [-0.25, -0.2) is 0 Å². The molecule has 0 aliphatic rings. The van der Waals surface area contributed by atoms with Crippen LogP contribution in [0.5, 0.6) is 0 Å². The molecule has 0 saturated heterocycles. The minimum absolute atomic E-state index is 0.155. The first-order valence-corrected chi connectivity index (χ1v) is 6.16. The molecule has 0 N–H and O–H groups in total. The van der Waals surface area contributed by atoms with Gasteiger partial charge in [0.25, 0.3) is 0 Å². The molecule has 0 atom stereocenters. The fourth-order valence-electron chi connectivity index (χ4n) is 0.775. The van der Waals surface area contributed by atoms with E-state index in [0.717, 1.165) is 4.46 Å². The Morgan fingerprint density at radius 2 is 2.31 bits per heavy atom. The van der Waals surface area contributed by atoms with Crippen LogP contribution in [0.2, 0.25) is 0 Å². The van der Waals surface area contributed by atoms with E-state index in [1.165, 1.54) is 6.07 Å². The molecule has 0 bridgehead atoms. The first-order valence-electron chi connectivity index (χ1n) is 3.40. The van der Waals surface area contributed by atoms with E-state index in [9.17, 15) is 10.1 Å². The molecule has 1 rings (SSSR count). The fraction of sp³-hybridized carbons (Fsp3) is 0. The van der Waals surface area contributed by atoms with Gasteiger partial charge in [-0.05, 0) is 0 Å². The maximum atomic E-state index is 10.4. The molecule has 0 aromatic heterocycles. The average Bonchev–Trinajstić information content (AvgIpc) is 2.15. The van der Waals surface area contributed by atoms with E-state index in [1.807, 2.05) is 11.0 Å². The van der Waals surface area contributed by atoms with Gasteiger partial charge < -0.3 is 0 Å². The molecule has 3 nitrogen and oxygen atoms in total. The zero-order chi connectivity index (χ0) is 9.68. The van der Waals surface area contributed by atoms with Crippen molar-refractivity contribution in [2.75, 3.05) is 0 Å². The molecule has 0 amide bonds. The van der Waals surface area contributed by atoms with Crippen molar-refractivity contribution in [2.24, 2.45) is 0 Å². The minimum atomic E-state index is -0.378. The summed E-state index contributed by atoms with van der Waals surface area (Å²) in [6.45, 7) is 0. The van der Waals surface area contributed by atoms with E-state index in [0.29, 0.717) is 0 Å². The topological polar surface area (TPSA) is 43.1 Å². The second-order valence-electron chi connectivity index (χ2n) is 2.13. The summed E-state index contributed by atoms with van der Waals surface area (Å²) in [5, 5.41) is 10.4. The van der Waals surface area contributed by atoms with E-state index in [4.69, 9.17) is 0 Å². The molecular formula is C8H6BrNO2Se. The Labute approximate surface area is 90.3 Å². The van der Waals surface area contributed by atoms with Crippen LogP contribution in [0.1, 0.15) is 0 Å². The Morgan fingerprint density at radius 3 is 2.92 bits per heavy atom. The third kappa shape index (κ3) is 3.30. The normalized spacial score (nSPS) is 10.5. The van der Waals surface area contributed by atoms with Gasteiger partial charge in [0.15, 0.2) is 0 Å². The zero-order valence-corrected chi connectivity index (χ0v) is 9.81. The first-order chi connectivity index (χ1) is 6.24. The van der Waals surface area contributed by atoms with Gasteiger partial charge in [-0.15, -0.1) is 0 Å². The van der Waals surface area contributed by atoms with Gasteiger partial charge >= 0.3 is 90.3 Å². The number of nitrogens with zero attached hydrogens (tertiary/aromatic N) is 1. The average molecular weight is 307 g/mol. The second kappa shape index (κ2) is 5.17. The predicted octanol–water partition coefficient (Wildman–Crippen LogP) is 1.79. The van der Waals surface area contributed by atoms with Crippen LogP contribution in [0.15, 0.2) is 34.2 Å². The molecule has 1 aromatic rings. The summed E-state index contributed by atoms with van der Waals surface area (Å²) >= 11 is 3.32. The van der Waals surface area contributed by atoms with Crippen molar-refractivity contribution >= 4 is 41.0 Å². The Hall–Kier alpha value is -0.641. The fourth-order valence-corrected chi connectivity index (χ4v) is 2.50.